The first-order valence-electron chi connectivity index (χ1n) is 6.77. The van der Waals surface area contributed by atoms with E-state index in [9.17, 15) is 9.59 Å². The average Bonchev–Trinajstić information content (AvgIpc) is 2.48. The van der Waals surface area contributed by atoms with E-state index in [0.717, 1.165) is 25.9 Å². The lowest BCUT2D eigenvalue weighted by Gasteiger charge is -2.13. The Bertz CT molecular complexity index is 237. The molecule has 1 heterocycles. The first-order chi connectivity index (χ1) is 8.08. The van der Waals surface area contributed by atoms with Crippen molar-refractivity contribution in [2.75, 3.05) is 13.1 Å². The Hall–Kier alpha value is -0.700. The van der Waals surface area contributed by atoms with Crippen molar-refractivity contribution in [1.82, 2.24) is 5.32 Å². The average molecular weight is 239 g/mol. The molecule has 3 heteroatoms. The summed E-state index contributed by atoms with van der Waals surface area (Å²) in [6.07, 6.45) is 5.85. The van der Waals surface area contributed by atoms with Crippen molar-refractivity contribution >= 4 is 11.6 Å². The van der Waals surface area contributed by atoms with Crippen LogP contribution in [0.25, 0.3) is 0 Å². The third-order valence-corrected chi connectivity index (χ3v) is 3.66. The Labute approximate surface area is 104 Å². The fraction of sp³-hybridized carbons (Fsp3) is 0.857. The molecule has 1 N–H and O–H groups in total. The van der Waals surface area contributed by atoms with Gasteiger partial charge in [0.25, 0.3) is 0 Å². The van der Waals surface area contributed by atoms with Gasteiger partial charge in [0, 0.05) is 12.8 Å². The molecule has 1 aliphatic rings. The van der Waals surface area contributed by atoms with Crippen molar-refractivity contribution in [1.29, 1.82) is 0 Å². The molecular weight excluding hydrogens is 214 g/mol. The van der Waals surface area contributed by atoms with Gasteiger partial charge in [-0.3, -0.25) is 0 Å². The molecule has 0 amide bonds. The van der Waals surface area contributed by atoms with Gasteiger partial charge in [0.1, 0.15) is 11.6 Å². The van der Waals surface area contributed by atoms with Crippen LogP contribution in [0.4, 0.5) is 0 Å². The Balaban J connectivity index is 2.24. The maximum atomic E-state index is 11.0. The molecule has 98 valence electrons. The molecule has 0 aromatic carbocycles. The number of ketones is 2. The van der Waals surface area contributed by atoms with E-state index in [1.54, 1.807) is 13.8 Å². The van der Waals surface area contributed by atoms with Crippen molar-refractivity contribution in [3.05, 3.63) is 0 Å². The monoisotopic (exact) mass is 239 g/mol. The van der Waals surface area contributed by atoms with E-state index in [4.69, 9.17) is 0 Å². The lowest BCUT2D eigenvalue weighted by atomic mass is 9.91. The number of nitrogens with one attached hydrogen (secondary N) is 1. The molecule has 0 radical (unpaired) electrons. The van der Waals surface area contributed by atoms with Gasteiger partial charge >= 0.3 is 0 Å². The number of carbonyl (C=O) groups excluding carboxylic acids is 2. The largest absolute Gasteiger partial charge is 0.316 e. The van der Waals surface area contributed by atoms with E-state index in [1.165, 1.54) is 12.8 Å². The van der Waals surface area contributed by atoms with Crippen LogP contribution in [0.1, 0.15) is 52.4 Å². The van der Waals surface area contributed by atoms with Gasteiger partial charge in [-0.15, -0.1) is 0 Å². The predicted octanol–water partition coefficient (Wildman–Crippen LogP) is 2.34. The fourth-order valence-electron chi connectivity index (χ4n) is 2.47. The molecule has 3 nitrogen and oxygen atoms in total. The van der Waals surface area contributed by atoms with E-state index in [-0.39, 0.29) is 0 Å². The van der Waals surface area contributed by atoms with E-state index in [0.29, 0.717) is 36.2 Å². The molecular formula is C14H25NO2. The summed E-state index contributed by atoms with van der Waals surface area (Å²) in [7, 11) is 0. The Kier molecular flexibility index (Phi) is 6.41. The Morgan fingerprint density at radius 2 is 1.35 bits per heavy atom. The van der Waals surface area contributed by atoms with Gasteiger partial charge in [-0.2, -0.15) is 0 Å². The van der Waals surface area contributed by atoms with Crippen molar-refractivity contribution in [2.45, 2.75) is 52.4 Å². The van der Waals surface area contributed by atoms with Gasteiger partial charge in [0.15, 0.2) is 0 Å². The van der Waals surface area contributed by atoms with E-state index >= 15 is 0 Å². The molecule has 1 fully saturated rings. The van der Waals surface area contributed by atoms with Gasteiger partial charge in [-0.05, 0) is 64.5 Å². The van der Waals surface area contributed by atoms with Crippen molar-refractivity contribution in [3.8, 4) is 0 Å². The van der Waals surface area contributed by atoms with Crippen LogP contribution < -0.4 is 5.32 Å². The van der Waals surface area contributed by atoms with Crippen LogP contribution in [-0.4, -0.2) is 24.7 Å². The molecule has 0 aromatic rings. The first kappa shape index (κ1) is 14.4. The molecule has 0 aliphatic carbocycles. The SMILES string of the molecule is CC(=O)CCC1CC[C@H](CCC(C)=O)CNC1. The maximum absolute atomic E-state index is 11.0. The van der Waals surface area contributed by atoms with Crippen molar-refractivity contribution < 1.29 is 9.59 Å². The highest BCUT2D eigenvalue weighted by Crippen LogP contribution is 2.23. The minimum Gasteiger partial charge on any atom is -0.316 e. The number of carbonyl (C=O) groups is 2. The molecule has 17 heavy (non-hydrogen) atoms. The third kappa shape index (κ3) is 6.57. The van der Waals surface area contributed by atoms with Crippen LogP contribution in [0.3, 0.4) is 0 Å². The standard InChI is InChI=1S/C14H25NO2/c1-11(16)3-5-13-7-8-14(10-15-9-13)6-4-12(2)17/h13-15H,3-10H2,1-2H3/t13-,14?/m0/s1. The summed E-state index contributed by atoms with van der Waals surface area (Å²) < 4.78 is 0. The number of Topliss-reactive ketones (excluding diaryl/α,β-unsaturated/α-hetero) is 2. The highest BCUT2D eigenvalue weighted by molar-refractivity contribution is 5.75. The van der Waals surface area contributed by atoms with Crippen LogP contribution in [0, 0.1) is 11.8 Å². The van der Waals surface area contributed by atoms with Crippen LogP contribution in [0.5, 0.6) is 0 Å². The summed E-state index contributed by atoms with van der Waals surface area (Å²) in [6.45, 7) is 5.40. The van der Waals surface area contributed by atoms with Crippen LogP contribution in [0.15, 0.2) is 0 Å². The van der Waals surface area contributed by atoms with E-state index in [2.05, 4.69) is 5.32 Å². The van der Waals surface area contributed by atoms with Gasteiger partial charge in [0.05, 0.1) is 0 Å². The van der Waals surface area contributed by atoms with Gasteiger partial charge in [-0.25, -0.2) is 0 Å². The van der Waals surface area contributed by atoms with Crippen molar-refractivity contribution in [3.63, 3.8) is 0 Å². The van der Waals surface area contributed by atoms with Crippen LogP contribution >= 0.6 is 0 Å². The molecule has 1 aliphatic heterocycles. The van der Waals surface area contributed by atoms with E-state index in [1.807, 2.05) is 0 Å². The number of hydrogen-bond donors (Lipinski definition) is 1. The molecule has 0 saturated carbocycles. The second kappa shape index (κ2) is 7.59. The lowest BCUT2D eigenvalue weighted by molar-refractivity contribution is -0.118. The smallest absolute Gasteiger partial charge is 0.129 e. The van der Waals surface area contributed by atoms with E-state index < -0.39 is 0 Å². The summed E-state index contributed by atoms with van der Waals surface area (Å²) in [4.78, 5) is 21.9. The molecule has 0 bridgehead atoms. The minimum absolute atomic E-state index is 0.294. The first-order valence-corrected chi connectivity index (χ1v) is 6.77. The summed E-state index contributed by atoms with van der Waals surface area (Å²) >= 11 is 0. The van der Waals surface area contributed by atoms with Crippen LogP contribution in [-0.2, 0) is 9.59 Å². The van der Waals surface area contributed by atoms with Crippen LogP contribution in [0.2, 0.25) is 0 Å². The Morgan fingerprint density at radius 1 is 0.941 bits per heavy atom. The second-order valence-electron chi connectivity index (χ2n) is 5.45. The summed E-state index contributed by atoms with van der Waals surface area (Å²) in [5.41, 5.74) is 0. The fourth-order valence-corrected chi connectivity index (χ4v) is 2.47. The topological polar surface area (TPSA) is 46.2 Å². The predicted molar refractivity (Wildman–Crippen MR) is 68.9 cm³/mol. The van der Waals surface area contributed by atoms with Gasteiger partial charge in [0.2, 0.25) is 0 Å². The highest BCUT2D eigenvalue weighted by atomic mass is 16.1. The zero-order chi connectivity index (χ0) is 12.7. The third-order valence-electron chi connectivity index (χ3n) is 3.66. The number of hydrogen-bond acceptors (Lipinski definition) is 3. The molecule has 0 aromatic heterocycles. The minimum atomic E-state index is 0.294. The maximum Gasteiger partial charge on any atom is 0.129 e. The zero-order valence-electron chi connectivity index (χ0n) is 11.1. The molecule has 0 spiro atoms. The molecule has 1 unspecified atom stereocenters. The molecule has 2 atom stereocenters. The quantitative estimate of drug-likeness (QED) is 0.774. The molecule has 1 rings (SSSR count). The summed E-state index contributed by atoms with van der Waals surface area (Å²) in [5.74, 6) is 1.87. The highest BCUT2D eigenvalue weighted by Gasteiger charge is 2.18. The summed E-state index contributed by atoms with van der Waals surface area (Å²) in [6, 6.07) is 0. The van der Waals surface area contributed by atoms with Gasteiger partial charge in [-0.1, -0.05) is 0 Å². The summed E-state index contributed by atoms with van der Waals surface area (Å²) in [5, 5.41) is 3.47. The van der Waals surface area contributed by atoms with Crippen molar-refractivity contribution in [2.24, 2.45) is 11.8 Å². The van der Waals surface area contributed by atoms with Gasteiger partial charge < -0.3 is 14.9 Å². The normalized spacial score (nSPS) is 25.3. The molecule has 1 saturated heterocycles. The second-order valence-corrected chi connectivity index (χ2v) is 5.45. The Morgan fingerprint density at radius 3 is 1.71 bits per heavy atom. The zero-order valence-corrected chi connectivity index (χ0v) is 11.1. The lowest BCUT2D eigenvalue weighted by Crippen LogP contribution is -2.24. The number of rotatable bonds is 6.